The van der Waals surface area contributed by atoms with Gasteiger partial charge in [-0.05, 0) is 36.8 Å². The highest BCUT2D eigenvalue weighted by Gasteiger charge is 2.19. The highest BCUT2D eigenvalue weighted by molar-refractivity contribution is 5.85. The predicted octanol–water partition coefficient (Wildman–Crippen LogP) is 1.20. The van der Waals surface area contributed by atoms with E-state index >= 15 is 0 Å². The van der Waals surface area contributed by atoms with Crippen LogP contribution in [-0.2, 0) is 22.4 Å². The maximum Gasteiger partial charge on any atom is 0.243 e. The van der Waals surface area contributed by atoms with Crippen molar-refractivity contribution >= 4 is 11.9 Å². The zero-order valence-corrected chi connectivity index (χ0v) is 15.5. The van der Waals surface area contributed by atoms with E-state index in [2.05, 4.69) is 39.9 Å². The molecule has 1 aliphatic carbocycles. The Bertz CT molecular complexity index is 587. The van der Waals surface area contributed by atoms with Crippen LogP contribution < -0.4 is 10.6 Å². The average Bonchev–Trinajstić information content (AvgIpc) is 2.62. The second-order valence-corrected chi connectivity index (χ2v) is 6.58. The number of rotatable bonds is 7. The second kappa shape index (κ2) is 10.0. The van der Waals surface area contributed by atoms with Gasteiger partial charge in [-0.1, -0.05) is 24.3 Å². The van der Waals surface area contributed by atoms with Gasteiger partial charge < -0.3 is 20.3 Å². The summed E-state index contributed by atoms with van der Waals surface area (Å²) < 4.78 is 5.08. The molecule has 1 amide bonds. The van der Waals surface area contributed by atoms with Crippen LogP contribution >= 0.6 is 0 Å². The number of methoxy groups -OCH3 is 1. The SMILES string of the molecule is COCCCNC(=NCC(=O)N(C)C)NC1CCc2ccccc2C1. The van der Waals surface area contributed by atoms with Gasteiger partial charge in [0.1, 0.15) is 6.54 Å². The molecular formula is C19H30N4O2. The fraction of sp³-hybridized carbons (Fsp3) is 0.579. The van der Waals surface area contributed by atoms with Crippen LogP contribution in [0.15, 0.2) is 29.3 Å². The van der Waals surface area contributed by atoms with Crippen LogP contribution in [0, 0.1) is 0 Å². The summed E-state index contributed by atoms with van der Waals surface area (Å²) in [5.41, 5.74) is 2.84. The Labute approximate surface area is 150 Å². The van der Waals surface area contributed by atoms with Gasteiger partial charge in [-0.2, -0.15) is 0 Å². The van der Waals surface area contributed by atoms with Crippen molar-refractivity contribution < 1.29 is 9.53 Å². The van der Waals surface area contributed by atoms with Crippen molar-refractivity contribution in [2.24, 2.45) is 4.99 Å². The third-order valence-electron chi connectivity index (χ3n) is 4.38. The van der Waals surface area contributed by atoms with Crippen LogP contribution in [0.25, 0.3) is 0 Å². The van der Waals surface area contributed by atoms with Gasteiger partial charge in [-0.3, -0.25) is 4.79 Å². The third-order valence-corrected chi connectivity index (χ3v) is 4.38. The molecule has 0 spiro atoms. The summed E-state index contributed by atoms with van der Waals surface area (Å²) in [6.45, 7) is 1.61. The lowest BCUT2D eigenvalue weighted by molar-refractivity contribution is -0.127. The van der Waals surface area contributed by atoms with Crippen molar-refractivity contribution in [3.8, 4) is 0 Å². The van der Waals surface area contributed by atoms with Gasteiger partial charge >= 0.3 is 0 Å². The highest BCUT2D eigenvalue weighted by Crippen LogP contribution is 2.20. The summed E-state index contributed by atoms with van der Waals surface area (Å²) in [5.74, 6) is 0.697. The van der Waals surface area contributed by atoms with Gasteiger partial charge in [0.25, 0.3) is 0 Å². The van der Waals surface area contributed by atoms with Crippen molar-refractivity contribution in [2.45, 2.75) is 31.7 Å². The molecule has 1 aromatic rings. The van der Waals surface area contributed by atoms with Crippen molar-refractivity contribution in [2.75, 3.05) is 40.9 Å². The number of ether oxygens (including phenoxy) is 1. The molecule has 6 heteroatoms. The number of nitrogens with zero attached hydrogens (tertiary/aromatic N) is 2. The lowest BCUT2D eigenvalue weighted by Crippen LogP contribution is -2.46. The number of fused-ring (bicyclic) bond motifs is 1. The fourth-order valence-corrected chi connectivity index (χ4v) is 2.88. The summed E-state index contributed by atoms with van der Waals surface area (Å²) in [4.78, 5) is 17.8. The Balaban J connectivity index is 1.95. The van der Waals surface area contributed by atoms with Crippen molar-refractivity contribution in [3.05, 3.63) is 35.4 Å². The first-order valence-electron chi connectivity index (χ1n) is 8.91. The van der Waals surface area contributed by atoms with Crippen molar-refractivity contribution in [1.29, 1.82) is 0 Å². The Hall–Kier alpha value is -2.08. The molecule has 2 N–H and O–H groups in total. The molecule has 0 saturated carbocycles. The van der Waals surface area contributed by atoms with Gasteiger partial charge in [-0.25, -0.2) is 4.99 Å². The largest absolute Gasteiger partial charge is 0.385 e. The average molecular weight is 346 g/mol. The highest BCUT2D eigenvalue weighted by atomic mass is 16.5. The molecule has 1 aromatic carbocycles. The van der Waals surface area contributed by atoms with Crippen LogP contribution in [0.3, 0.4) is 0 Å². The topological polar surface area (TPSA) is 66.0 Å². The number of guanidine groups is 1. The molecule has 0 aromatic heterocycles. The zero-order chi connectivity index (χ0) is 18.1. The quantitative estimate of drug-likeness (QED) is 0.442. The summed E-state index contributed by atoms with van der Waals surface area (Å²) in [6, 6.07) is 8.93. The monoisotopic (exact) mass is 346 g/mol. The smallest absolute Gasteiger partial charge is 0.243 e. The van der Waals surface area contributed by atoms with E-state index in [1.807, 2.05) is 0 Å². The van der Waals surface area contributed by atoms with Crippen LogP contribution in [0.1, 0.15) is 24.0 Å². The lowest BCUT2D eigenvalue weighted by Gasteiger charge is -2.27. The summed E-state index contributed by atoms with van der Waals surface area (Å²) in [7, 11) is 5.19. The normalized spacial score (nSPS) is 16.9. The number of hydrogen-bond donors (Lipinski definition) is 2. The molecule has 6 nitrogen and oxygen atoms in total. The van der Waals surface area contributed by atoms with Gasteiger partial charge in [0, 0.05) is 40.4 Å². The first-order valence-corrected chi connectivity index (χ1v) is 8.91. The molecule has 0 aliphatic heterocycles. The fourth-order valence-electron chi connectivity index (χ4n) is 2.88. The summed E-state index contributed by atoms with van der Waals surface area (Å²) in [5, 5.41) is 6.80. The minimum Gasteiger partial charge on any atom is -0.385 e. The van der Waals surface area contributed by atoms with E-state index in [0.29, 0.717) is 18.6 Å². The molecule has 0 saturated heterocycles. The van der Waals surface area contributed by atoms with Crippen LogP contribution in [-0.4, -0.2) is 63.7 Å². The number of amides is 1. The standard InChI is InChI=1S/C19H30N4O2/c1-23(2)18(24)14-21-19(20-11-6-12-25-3)22-17-10-9-15-7-4-5-8-16(15)13-17/h4-5,7-8,17H,6,9-14H2,1-3H3,(H2,20,21,22). The van der Waals surface area contributed by atoms with E-state index in [4.69, 9.17) is 4.74 Å². The maximum atomic E-state index is 11.8. The molecule has 0 heterocycles. The molecule has 2 rings (SSSR count). The molecule has 0 bridgehead atoms. The molecule has 0 fully saturated rings. The number of nitrogens with one attached hydrogen (secondary N) is 2. The van der Waals surface area contributed by atoms with Gasteiger partial charge in [-0.15, -0.1) is 0 Å². The molecule has 1 unspecified atom stereocenters. The van der Waals surface area contributed by atoms with E-state index < -0.39 is 0 Å². The number of benzene rings is 1. The van der Waals surface area contributed by atoms with E-state index in [-0.39, 0.29) is 12.5 Å². The molecular weight excluding hydrogens is 316 g/mol. The number of hydrogen-bond acceptors (Lipinski definition) is 3. The summed E-state index contributed by atoms with van der Waals surface area (Å²) in [6.07, 6.45) is 4.02. The summed E-state index contributed by atoms with van der Waals surface area (Å²) >= 11 is 0. The predicted molar refractivity (Wildman–Crippen MR) is 101 cm³/mol. The van der Waals surface area contributed by atoms with E-state index in [9.17, 15) is 4.79 Å². The van der Waals surface area contributed by atoms with E-state index in [1.165, 1.54) is 11.1 Å². The van der Waals surface area contributed by atoms with E-state index in [1.54, 1.807) is 26.1 Å². The van der Waals surface area contributed by atoms with Gasteiger partial charge in [0.05, 0.1) is 0 Å². The number of carbonyl (C=O) groups is 1. The Morgan fingerprint density at radius 2 is 2.08 bits per heavy atom. The molecule has 25 heavy (non-hydrogen) atoms. The van der Waals surface area contributed by atoms with Crippen LogP contribution in [0.5, 0.6) is 0 Å². The third kappa shape index (κ3) is 6.38. The number of aryl methyl sites for hydroxylation is 1. The molecule has 1 atom stereocenters. The Morgan fingerprint density at radius 3 is 2.80 bits per heavy atom. The van der Waals surface area contributed by atoms with E-state index in [0.717, 1.165) is 32.2 Å². The van der Waals surface area contributed by atoms with Crippen LogP contribution in [0.2, 0.25) is 0 Å². The zero-order valence-electron chi connectivity index (χ0n) is 15.5. The first kappa shape index (κ1) is 19.2. The molecule has 1 aliphatic rings. The van der Waals surface area contributed by atoms with Crippen molar-refractivity contribution in [1.82, 2.24) is 15.5 Å². The lowest BCUT2D eigenvalue weighted by atomic mass is 9.88. The van der Waals surface area contributed by atoms with Crippen LogP contribution in [0.4, 0.5) is 0 Å². The first-order chi connectivity index (χ1) is 12.1. The van der Waals surface area contributed by atoms with Gasteiger partial charge in [0.2, 0.25) is 5.91 Å². The Morgan fingerprint density at radius 1 is 1.32 bits per heavy atom. The van der Waals surface area contributed by atoms with Crippen molar-refractivity contribution in [3.63, 3.8) is 0 Å². The minimum absolute atomic E-state index is 0.00742. The Kier molecular flexibility index (Phi) is 7.73. The van der Waals surface area contributed by atoms with Gasteiger partial charge in [0.15, 0.2) is 5.96 Å². The molecule has 138 valence electrons. The molecule has 0 radical (unpaired) electrons. The number of likely N-dealkylation sites (N-methyl/N-ethyl adjacent to an activating group) is 1. The number of carbonyl (C=O) groups excluding carboxylic acids is 1. The maximum absolute atomic E-state index is 11.8. The second-order valence-electron chi connectivity index (χ2n) is 6.58. The minimum atomic E-state index is -0.00742. The number of aliphatic imine (C=N–C) groups is 1.